The van der Waals surface area contributed by atoms with E-state index in [1.807, 2.05) is 5.38 Å². The zero-order valence-corrected chi connectivity index (χ0v) is 14.8. The molecule has 2 atom stereocenters. The summed E-state index contributed by atoms with van der Waals surface area (Å²) in [4.78, 5) is 29.1. The number of aromatic nitrogens is 1. The van der Waals surface area contributed by atoms with E-state index < -0.39 is 0 Å². The number of thiazole rings is 1. The fourth-order valence-electron chi connectivity index (χ4n) is 2.43. The second-order valence-corrected chi connectivity index (χ2v) is 7.30. The second kappa shape index (κ2) is 7.98. The molecule has 3 heterocycles. The van der Waals surface area contributed by atoms with Crippen molar-refractivity contribution in [2.75, 3.05) is 13.2 Å². The van der Waals surface area contributed by atoms with Crippen molar-refractivity contribution in [3.8, 4) is 0 Å². The summed E-state index contributed by atoms with van der Waals surface area (Å²) in [5, 5.41) is 4.94. The minimum absolute atomic E-state index is 0.0328. The van der Waals surface area contributed by atoms with E-state index in [1.54, 1.807) is 17.6 Å². The van der Waals surface area contributed by atoms with E-state index in [0.717, 1.165) is 5.69 Å². The fraction of sp³-hybridized carbons (Fsp3) is 0.438. The standard InChI is InChI=1S/C16H18N2O4S2/c1-10(19)14-2-3-15(24-14)16(20)18-12-4-5-21-7-13(12)22-6-11-8-23-9-17-11/h2-3,8-9,12-13H,4-7H2,1H3,(H,18,20)/t12-,13-/m1/s1. The summed E-state index contributed by atoms with van der Waals surface area (Å²) in [7, 11) is 0. The smallest absolute Gasteiger partial charge is 0.261 e. The molecule has 8 heteroatoms. The van der Waals surface area contributed by atoms with Crippen LogP contribution in [0.25, 0.3) is 0 Å². The van der Waals surface area contributed by atoms with Gasteiger partial charge in [-0.15, -0.1) is 22.7 Å². The first-order valence-corrected chi connectivity index (χ1v) is 9.37. The molecular formula is C16H18N2O4S2. The Morgan fingerprint density at radius 3 is 2.96 bits per heavy atom. The van der Waals surface area contributed by atoms with Crippen molar-refractivity contribution in [3.05, 3.63) is 38.5 Å². The predicted octanol–water partition coefficient (Wildman–Crippen LogP) is 2.51. The lowest BCUT2D eigenvalue weighted by Crippen LogP contribution is -2.49. The molecule has 0 radical (unpaired) electrons. The Balaban J connectivity index is 1.60. The Morgan fingerprint density at radius 1 is 1.42 bits per heavy atom. The molecule has 3 rings (SSSR count). The minimum atomic E-state index is -0.211. The molecule has 1 saturated heterocycles. The quantitative estimate of drug-likeness (QED) is 0.795. The topological polar surface area (TPSA) is 77.5 Å². The first-order valence-electron chi connectivity index (χ1n) is 7.61. The van der Waals surface area contributed by atoms with Gasteiger partial charge in [0, 0.05) is 12.0 Å². The number of amides is 1. The molecule has 1 N–H and O–H groups in total. The van der Waals surface area contributed by atoms with Crippen LogP contribution in [-0.2, 0) is 16.1 Å². The van der Waals surface area contributed by atoms with Gasteiger partial charge >= 0.3 is 0 Å². The first-order chi connectivity index (χ1) is 11.6. The van der Waals surface area contributed by atoms with E-state index in [1.165, 1.54) is 29.6 Å². The Labute approximate surface area is 147 Å². The van der Waals surface area contributed by atoms with Crippen molar-refractivity contribution in [2.24, 2.45) is 0 Å². The molecule has 0 unspecified atom stereocenters. The van der Waals surface area contributed by atoms with Crippen LogP contribution in [0.4, 0.5) is 0 Å². The number of carbonyl (C=O) groups is 2. The highest BCUT2D eigenvalue weighted by molar-refractivity contribution is 7.16. The molecule has 0 aliphatic carbocycles. The number of Topliss-reactive ketones (excluding diaryl/α,β-unsaturated/α-hetero) is 1. The summed E-state index contributed by atoms with van der Waals surface area (Å²) in [5.41, 5.74) is 2.64. The van der Waals surface area contributed by atoms with Crippen LogP contribution in [0, 0.1) is 0 Å². The van der Waals surface area contributed by atoms with Gasteiger partial charge in [-0.1, -0.05) is 0 Å². The molecule has 1 amide bonds. The number of rotatable bonds is 6. The molecule has 0 bridgehead atoms. The zero-order chi connectivity index (χ0) is 16.9. The van der Waals surface area contributed by atoms with Gasteiger partial charge in [0.2, 0.25) is 0 Å². The van der Waals surface area contributed by atoms with Crippen LogP contribution in [0.5, 0.6) is 0 Å². The summed E-state index contributed by atoms with van der Waals surface area (Å²) < 4.78 is 11.3. The van der Waals surface area contributed by atoms with Crippen LogP contribution < -0.4 is 5.32 Å². The number of carbonyl (C=O) groups excluding carboxylic acids is 2. The van der Waals surface area contributed by atoms with Gasteiger partial charge in [0.05, 0.1) is 40.2 Å². The summed E-state index contributed by atoms with van der Waals surface area (Å²) >= 11 is 2.73. The average Bonchev–Trinajstić information content (AvgIpc) is 3.26. The number of nitrogens with zero attached hydrogens (tertiary/aromatic N) is 1. The van der Waals surface area contributed by atoms with Crippen molar-refractivity contribution < 1.29 is 19.1 Å². The van der Waals surface area contributed by atoms with Crippen LogP contribution in [0.15, 0.2) is 23.0 Å². The van der Waals surface area contributed by atoms with Crippen molar-refractivity contribution in [1.29, 1.82) is 0 Å². The third kappa shape index (κ3) is 4.27. The lowest BCUT2D eigenvalue weighted by molar-refractivity contribution is -0.0742. The zero-order valence-electron chi connectivity index (χ0n) is 13.2. The SMILES string of the molecule is CC(=O)c1ccc(C(=O)N[C@@H]2CCOC[C@H]2OCc2cscn2)s1. The van der Waals surface area contributed by atoms with Gasteiger partial charge in [0.1, 0.15) is 6.10 Å². The van der Waals surface area contributed by atoms with Gasteiger partial charge < -0.3 is 14.8 Å². The fourth-order valence-corrected chi connectivity index (χ4v) is 3.78. The highest BCUT2D eigenvalue weighted by Gasteiger charge is 2.29. The van der Waals surface area contributed by atoms with Gasteiger partial charge in [-0.2, -0.15) is 0 Å². The molecule has 0 aromatic carbocycles. The van der Waals surface area contributed by atoms with E-state index in [9.17, 15) is 9.59 Å². The van der Waals surface area contributed by atoms with Gasteiger partial charge in [0.15, 0.2) is 5.78 Å². The number of ether oxygens (including phenoxy) is 2. The number of hydrogen-bond acceptors (Lipinski definition) is 7. The molecule has 0 saturated carbocycles. The molecule has 1 fully saturated rings. The largest absolute Gasteiger partial charge is 0.379 e. The highest BCUT2D eigenvalue weighted by Crippen LogP contribution is 2.19. The first kappa shape index (κ1) is 17.2. The third-order valence-electron chi connectivity index (χ3n) is 3.73. The van der Waals surface area contributed by atoms with E-state index in [-0.39, 0.29) is 23.8 Å². The molecule has 2 aromatic rings. The van der Waals surface area contributed by atoms with E-state index in [2.05, 4.69) is 10.3 Å². The molecule has 1 aliphatic rings. The Bertz CT molecular complexity index is 699. The van der Waals surface area contributed by atoms with Crippen molar-refractivity contribution in [2.45, 2.75) is 32.1 Å². The van der Waals surface area contributed by atoms with Gasteiger partial charge in [-0.25, -0.2) is 4.98 Å². The van der Waals surface area contributed by atoms with E-state index in [0.29, 0.717) is 36.0 Å². The molecule has 128 valence electrons. The van der Waals surface area contributed by atoms with E-state index in [4.69, 9.17) is 9.47 Å². The number of thiophene rings is 1. The Morgan fingerprint density at radius 2 is 2.25 bits per heavy atom. The Hall–Kier alpha value is -1.61. The van der Waals surface area contributed by atoms with Crippen LogP contribution in [0.1, 0.15) is 38.4 Å². The maximum atomic E-state index is 12.4. The van der Waals surface area contributed by atoms with Crippen LogP contribution >= 0.6 is 22.7 Å². The van der Waals surface area contributed by atoms with Crippen LogP contribution in [0.2, 0.25) is 0 Å². The summed E-state index contributed by atoms with van der Waals surface area (Å²) in [6, 6.07) is 3.25. The van der Waals surface area contributed by atoms with Crippen LogP contribution in [-0.4, -0.2) is 42.0 Å². The summed E-state index contributed by atoms with van der Waals surface area (Å²) in [6.45, 7) is 2.93. The normalized spacial score (nSPS) is 20.7. The number of ketones is 1. The van der Waals surface area contributed by atoms with Gasteiger partial charge in [-0.05, 0) is 25.5 Å². The Kier molecular flexibility index (Phi) is 5.72. The molecule has 1 aliphatic heterocycles. The van der Waals surface area contributed by atoms with Gasteiger partial charge in [-0.3, -0.25) is 9.59 Å². The lowest BCUT2D eigenvalue weighted by atomic mass is 10.1. The van der Waals surface area contributed by atoms with Crippen molar-refractivity contribution >= 4 is 34.4 Å². The van der Waals surface area contributed by atoms with E-state index >= 15 is 0 Å². The summed E-state index contributed by atoms with van der Waals surface area (Å²) in [5.74, 6) is -0.212. The molecular weight excluding hydrogens is 348 g/mol. The molecule has 6 nitrogen and oxygen atoms in total. The van der Waals surface area contributed by atoms with Crippen molar-refractivity contribution in [3.63, 3.8) is 0 Å². The maximum absolute atomic E-state index is 12.4. The third-order valence-corrected chi connectivity index (χ3v) is 5.55. The van der Waals surface area contributed by atoms with Crippen molar-refractivity contribution in [1.82, 2.24) is 10.3 Å². The average molecular weight is 366 g/mol. The molecule has 0 spiro atoms. The van der Waals surface area contributed by atoms with Gasteiger partial charge in [0.25, 0.3) is 5.91 Å². The lowest BCUT2D eigenvalue weighted by Gasteiger charge is -2.31. The van der Waals surface area contributed by atoms with Crippen LogP contribution in [0.3, 0.4) is 0 Å². The summed E-state index contributed by atoms with van der Waals surface area (Å²) in [6.07, 6.45) is 0.481. The monoisotopic (exact) mass is 366 g/mol. The number of nitrogens with one attached hydrogen (secondary N) is 1. The number of hydrogen-bond donors (Lipinski definition) is 1. The second-order valence-electron chi connectivity index (χ2n) is 5.49. The minimum Gasteiger partial charge on any atom is -0.379 e. The highest BCUT2D eigenvalue weighted by atomic mass is 32.1. The maximum Gasteiger partial charge on any atom is 0.261 e. The molecule has 24 heavy (non-hydrogen) atoms. The molecule has 2 aromatic heterocycles. The predicted molar refractivity (Wildman–Crippen MR) is 91.7 cm³/mol.